The van der Waals surface area contributed by atoms with Gasteiger partial charge in [-0.05, 0) is 51.3 Å². The van der Waals surface area contributed by atoms with Gasteiger partial charge in [-0.1, -0.05) is 42.5 Å². The summed E-state index contributed by atoms with van der Waals surface area (Å²) in [5.41, 5.74) is 0.990. The van der Waals surface area contributed by atoms with Crippen molar-refractivity contribution in [3.05, 3.63) is 59.9 Å². The van der Waals surface area contributed by atoms with Gasteiger partial charge in [0.05, 0.1) is 11.6 Å². The second kappa shape index (κ2) is 10.5. The van der Waals surface area contributed by atoms with Gasteiger partial charge in [-0.25, -0.2) is 9.07 Å². The van der Waals surface area contributed by atoms with Crippen molar-refractivity contribution in [2.75, 3.05) is 13.2 Å². The SMILES string of the molecule is CCC(C)(C)NC(=O)C(c1ccccc1F)N(CC1CCCO1)C(=O)Cn1nnc2ccccc21. The Morgan fingerprint density at radius 2 is 1.97 bits per heavy atom. The van der Waals surface area contributed by atoms with Crippen LogP contribution in [0.1, 0.15) is 51.6 Å². The fraction of sp³-hybridized carbons (Fsp3) is 0.462. The van der Waals surface area contributed by atoms with E-state index < -0.39 is 23.3 Å². The average Bonchev–Trinajstić information content (AvgIpc) is 3.50. The molecule has 1 aromatic heterocycles. The van der Waals surface area contributed by atoms with E-state index in [4.69, 9.17) is 4.74 Å². The number of carbonyl (C=O) groups excluding carboxylic acids is 2. The van der Waals surface area contributed by atoms with Crippen LogP contribution in [0, 0.1) is 5.82 Å². The smallest absolute Gasteiger partial charge is 0.247 e. The molecule has 0 saturated carbocycles. The van der Waals surface area contributed by atoms with Crippen LogP contribution in [0.2, 0.25) is 0 Å². The molecule has 4 rings (SSSR count). The van der Waals surface area contributed by atoms with Crippen molar-refractivity contribution in [2.45, 2.75) is 64.3 Å². The number of nitrogens with one attached hydrogen (secondary N) is 1. The predicted octanol–water partition coefficient (Wildman–Crippen LogP) is 3.62. The first-order valence-corrected chi connectivity index (χ1v) is 12.0. The van der Waals surface area contributed by atoms with Gasteiger partial charge in [-0.3, -0.25) is 9.59 Å². The number of carbonyl (C=O) groups is 2. The quantitative estimate of drug-likeness (QED) is 0.504. The number of hydrogen-bond acceptors (Lipinski definition) is 5. The van der Waals surface area contributed by atoms with Crippen LogP contribution in [0.15, 0.2) is 48.5 Å². The van der Waals surface area contributed by atoms with Gasteiger partial charge >= 0.3 is 0 Å². The highest BCUT2D eigenvalue weighted by atomic mass is 19.1. The largest absolute Gasteiger partial charge is 0.376 e. The summed E-state index contributed by atoms with van der Waals surface area (Å²) in [5, 5.41) is 11.3. The molecule has 2 heterocycles. The van der Waals surface area contributed by atoms with Gasteiger partial charge in [-0.2, -0.15) is 0 Å². The first-order chi connectivity index (χ1) is 16.8. The van der Waals surface area contributed by atoms with E-state index in [1.165, 1.54) is 15.6 Å². The molecular weight excluding hydrogens is 449 g/mol. The Morgan fingerprint density at radius 1 is 1.23 bits per heavy atom. The number of aromatic nitrogens is 3. The molecule has 186 valence electrons. The maximum absolute atomic E-state index is 15.1. The van der Waals surface area contributed by atoms with Gasteiger partial charge in [0.2, 0.25) is 11.8 Å². The number of benzene rings is 2. The molecule has 1 saturated heterocycles. The third-order valence-electron chi connectivity index (χ3n) is 6.56. The van der Waals surface area contributed by atoms with Crippen molar-refractivity contribution in [1.29, 1.82) is 0 Å². The van der Waals surface area contributed by atoms with Crippen molar-refractivity contribution in [3.63, 3.8) is 0 Å². The number of halogens is 1. The Kier molecular flexibility index (Phi) is 7.45. The van der Waals surface area contributed by atoms with E-state index in [1.807, 2.05) is 45.0 Å². The average molecular weight is 482 g/mol. The molecule has 2 unspecified atom stereocenters. The van der Waals surface area contributed by atoms with E-state index in [9.17, 15) is 9.59 Å². The topological polar surface area (TPSA) is 89.4 Å². The van der Waals surface area contributed by atoms with E-state index >= 15 is 4.39 Å². The lowest BCUT2D eigenvalue weighted by atomic mass is 9.98. The van der Waals surface area contributed by atoms with Gasteiger partial charge in [-0.15, -0.1) is 5.10 Å². The number of fused-ring (bicyclic) bond motifs is 1. The van der Waals surface area contributed by atoms with Gasteiger partial charge < -0.3 is 15.0 Å². The summed E-state index contributed by atoms with van der Waals surface area (Å²) in [6.07, 6.45) is 2.09. The van der Waals surface area contributed by atoms with Crippen LogP contribution in [-0.2, 0) is 20.9 Å². The molecule has 0 radical (unpaired) electrons. The number of nitrogens with zero attached hydrogens (tertiary/aromatic N) is 4. The molecule has 0 bridgehead atoms. The second-order valence-corrected chi connectivity index (χ2v) is 9.57. The number of hydrogen-bond donors (Lipinski definition) is 1. The maximum atomic E-state index is 15.1. The molecule has 2 atom stereocenters. The van der Waals surface area contributed by atoms with Crippen LogP contribution in [0.3, 0.4) is 0 Å². The highest BCUT2D eigenvalue weighted by molar-refractivity contribution is 5.89. The summed E-state index contributed by atoms with van der Waals surface area (Å²) >= 11 is 0. The fourth-order valence-corrected chi connectivity index (χ4v) is 4.25. The minimum Gasteiger partial charge on any atom is -0.376 e. The van der Waals surface area contributed by atoms with E-state index in [0.29, 0.717) is 24.1 Å². The molecule has 0 aliphatic carbocycles. The standard InChI is InChI=1S/C26H32FN5O3/c1-4-26(2,3)28-25(34)24(19-11-5-6-12-20(19)27)31(16-18-10-9-15-35-18)23(33)17-32-22-14-8-7-13-21(22)29-30-32/h5-8,11-14,18,24H,4,9-10,15-17H2,1-3H3,(H,28,34). The molecular formula is C26H32FN5O3. The summed E-state index contributed by atoms with van der Waals surface area (Å²) in [6.45, 7) is 6.39. The zero-order valence-electron chi connectivity index (χ0n) is 20.4. The van der Waals surface area contributed by atoms with E-state index in [1.54, 1.807) is 18.2 Å². The van der Waals surface area contributed by atoms with E-state index in [-0.39, 0.29) is 30.7 Å². The van der Waals surface area contributed by atoms with Crippen LogP contribution >= 0.6 is 0 Å². The van der Waals surface area contributed by atoms with Crippen molar-refractivity contribution in [3.8, 4) is 0 Å². The Balaban J connectivity index is 1.72. The van der Waals surface area contributed by atoms with E-state index in [0.717, 1.165) is 12.8 Å². The molecule has 35 heavy (non-hydrogen) atoms. The van der Waals surface area contributed by atoms with Gasteiger partial charge in [0, 0.05) is 24.3 Å². The lowest BCUT2D eigenvalue weighted by Gasteiger charge is -2.35. The monoisotopic (exact) mass is 481 g/mol. The zero-order chi connectivity index (χ0) is 25.0. The summed E-state index contributed by atoms with van der Waals surface area (Å²) < 4.78 is 22.4. The minimum absolute atomic E-state index is 0.136. The highest BCUT2D eigenvalue weighted by Gasteiger charge is 2.37. The number of rotatable bonds is 9. The molecule has 2 amide bonds. The number of para-hydroxylation sites is 1. The zero-order valence-corrected chi connectivity index (χ0v) is 20.4. The van der Waals surface area contributed by atoms with Crippen LogP contribution in [0.5, 0.6) is 0 Å². The summed E-state index contributed by atoms with van der Waals surface area (Å²) in [6, 6.07) is 12.3. The Morgan fingerprint density at radius 3 is 2.69 bits per heavy atom. The Hall–Kier alpha value is -3.33. The summed E-state index contributed by atoms with van der Waals surface area (Å²) in [7, 11) is 0. The van der Waals surface area contributed by atoms with Crippen LogP contribution in [0.25, 0.3) is 11.0 Å². The molecule has 9 heteroatoms. The maximum Gasteiger partial charge on any atom is 0.247 e. The summed E-state index contributed by atoms with van der Waals surface area (Å²) in [5.74, 6) is -1.34. The second-order valence-electron chi connectivity index (χ2n) is 9.57. The van der Waals surface area contributed by atoms with Crippen LogP contribution in [-0.4, -0.2) is 56.5 Å². The minimum atomic E-state index is -1.16. The van der Waals surface area contributed by atoms with Crippen LogP contribution in [0.4, 0.5) is 4.39 Å². The van der Waals surface area contributed by atoms with Crippen molar-refractivity contribution in [1.82, 2.24) is 25.2 Å². The van der Waals surface area contributed by atoms with Gasteiger partial charge in [0.25, 0.3) is 0 Å². The van der Waals surface area contributed by atoms with Crippen LogP contribution < -0.4 is 5.32 Å². The Labute approximate surface area is 204 Å². The highest BCUT2D eigenvalue weighted by Crippen LogP contribution is 2.28. The van der Waals surface area contributed by atoms with Gasteiger partial charge in [0.1, 0.15) is 23.9 Å². The molecule has 2 aromatic carbocycles. The number of amides is 2. The fourth-order valence-electron chi connectivity index (χ4n) is 4.25. The normalized spacial score (nSPS) is 16.9. The molecule has 1 N–H and O–H groups in total. The van der Waals surface area contributed by atoms with Crippen molar-refractivity contribution in [2.24, 2.45) is 0 Å². The lowest BCUT2D eigenvalue weighted by Crippen LogP contribution is -2.52. The molecule has 0 spiro atoms. The molecule has 1 aliphatic rings. The third kappa shape index (κ3) is 5.67. The molecule has 8 nitrogen and oxygen atoms in total. The Bertz CT molecular complexity index is 1190. The third-order valence-corrected chi connectivity index (χ3v) is 6.56. The first-order valence-electron chi connectivity index (χ1n) is 12.0. The molecule has 1 aliphatic heterocycles. The predicted molar refractivity (Wildman–Crippen MR) is 130 cm³/mol. The first kappa shape index (κ1) is 24.8. The number of ether oxygens (including phenoxy) is 1. The molecule has 3 aromatic rings. The summed E-state index contributed by atoms with van der Waals surface area (Å²) in [4.78, 5) is 28.9. The lowest BCUT2D eigenvalue weighted by molar-refractivity contribution is -0.144. The van der Waals surface area contributed by atoms with Crippen molar-refractivity contribution >= 4 is 22.8 Å². The van der Waals surface area contributed by atoms with E-state index in [2.05, 4.69) is 15.6 Å². The molecule has 1 fully saturated rings. The van der Waals surface area contributed by atoms with Crippen molar-refractivity contribution < 1.29 is 18.7 Å². The van der Waals surface area contributed by atoms with Gasteiger partial charge in [0.15, 0.2) is 0 Å².